The molecule has 0 amide bonds. The first-order chi connectivity index (χ1) is 8.29. The maximum atomic E-state index is 4.51. The monoisotopic (exact) mass is 234 g/mol. The van der Waals surface area contributed by atoms with Crippen LogP contribution < -0.4 is 10.2 Å². The predicted octanol–water partition coefficient (Wildman–Crippen LogP) is 1.61. The lowest BCUT2D eigenvalue weighted by atomic mass is 9.98. The molecule has 0 atom stereocenters. The summed E-state index contributed by atoms with van der Waals surface area (Å²) in [5.41, 5.74) is 1.04. The Morgan fingerprint density at radius 1 is 1.41 bits per heavy atom. The summed E-state index contributed by atoms with van der Waals surface area (Å²) in [5, 5.41) is 3.41. The molecule has 2 heterocycles. The highest BCUT2D eigenvalue weighted by atomic mass is 15.2. The van der Waals surface area contributed by atoms with Gasteiger partial charge in [0.25, 0.3) is 0 Å². The molecule has 94 valence electrons. The highest BCUT2D eigenvalue weighted by Crippen LogP contribution is 2.16. The van der Waals surface area contributed by atoms with Crippen molar-refractivity contribution < 1.29 is 0 Å². The second kappa shape index (κ2) is 5.96. The zero-order chi connectivity index (χ0) is 12.1. The third-order valence-electron chi connectivity index (χ3n) is 3.38. The normalized spacial score (nSPS) is 17.1. The molecule has 0 aromatic carbocycles. The van der Waals surface area contributed by atoms with Gasteiger partial charge in [-0.15, -0.1) is 0 Å². The number of hydrogen-bond acceptors (Lipinski definition) is 4. The van der Waals surface area contributed by atoms with Crippen LogP contribution in [0.2, 0.25) is 0 Å². The molecule has 4 nitrogen and oxygen atoms in total. The lowest BCUT2D eigenvalue weighted by Gasteiger charge is -2.29. The Kier molecular flexibility index (Phi) is 4.31. The summed E-state index contributed by atoms with van der Waals surface area (Å²) in [6.45, 7) is 8.55. The Morgan fingerprint density at radius 3 is 2.82 bits per heavy atom. The first kappa shape index (κ1) is 12.3. The van der Waals surface area contributed by atoms with Crippen molar-refractivity contribution in [2.45, 2.75) is 26.7 Å². The molecule has 1 saturated heterocycles. The van der Waals surface area contributed by atoms with Crippen molar-refractivity contribution in [2.75, 3.05) is 31.1 Å². The van der Waals surface area contributed by atoms with Crippen molar-refractivity contribution in [1.29, 1.82) is 0 Å². The molecule has 1 N–H and O–H groups in total. The highest BCUT2D eigenvalue weighted by Gasteiger charge is 2.17. The zero-order valence-electron chi connectivity index (χ0n) is 10.8. The van der Waals surface area contributed by atoms with E-state index in [2.05, 4.69) is 27.1 Å². The third-order valence-corrected chi connectivity index (χ3v) is 3.38. The minimum atomic E-state index is 0.778. The van der Waals surface area contributed by atoms with Crippen LogP contribution in [0.4, 0.5) is 5.95 Å². The van der Waals surface area contributed by atoms with Crippen molar-refractivity contribution >= 4 is 5.95 Å². The molecule has 0 spiro atoms. The van der Waals surface area contributed by atoms with Crippen LogP contribution in [0.25, 0.3) is 0 Å². The van der Waals surface area contributed by atoms with Gasteiger partial charge in [-0.25, -0.2) is 9.97 Å². The van der Waals surface area contributed by atoms with Gasteiger partial charge >= 0.3 is 0 Å². The van der Waals surface area contributed by atoms with E-state index in [1.165, 1.54) is 12.8 Å². The van der Waals surface area contributed by atoms with Gasteiger partial charge in [0.1, 0.15) is 0 Å². The van der Waals surface area contributed by atoms with Gasteiger partial charge in [-0.2, -0.15) is 0 Å². The Hall–Kier alpha value is -1.16. The molecule has 0 aliphatic carbocycles. The van der Waals surface area contributed by atoms with Crippen molar-refractivity contribution in [3.05, 3.63) is 18.0 Å². The molecular weight excluding hydrogens is 212 g/mol. The molecule has 4 heteroatoms. The fourth-order valence-corrected chi connectivity index (χ4v) is 2.32. The molecule has 1 aromatic heterocycles. The molecule has 17 heavy (non-hydrogen) atoms. The maximum absolute atomic E-state index is 4.51. The molecule has 0 saturated carbocycles. The smallest absolute Gasteiger partial charge is 0.225 e. The summed E-state index contributed by atoms with van der Waals surface area (Å²) in [4.78, 5) is 11.2. The average Bonchev–Trinajstić information content (AvgIpc) is 2.37. The van der Waals surface area contributed by atoms with E-state index in [0.717, 1.165) is 43.7 Å². The summed E-state index contributed by atoms with van der Waals surface area (Å²) in [6, 6.07) is 1.95. The van der Waals surface area contributed by atoms with Gasteiger partial charge < -0.3 is 10.2 Å². The van der Waals surface area contributed by atoms with Crippen LogP contribution in [0.5, 0.6) is 0 Å². The Morgan fingerprint density at radius 2 is 2.18 bits per heavy atom. The topological polar surface area (TPSA) is 41.0 Å². The van der Waals surface area contributed by atoms with Crippen molar-refractivity contribution in [3.8, 4) is 0 Å². The standard InChI is InChI=1S/C13H22N4/c1-3-17(10-12-5-7-14-8-6-12)13-15-9-4-11(2)16-13/h4,9,12,14H,3,5-8,10H2,1-2H3. The molecule has 1 aliphatic rings. The largest absolute Gasteiger partial charge is 0.341 e. The van der Waals surface area contributed by atoms with Crippen LogP contribution in [0.1, 0.15) is 25.5 Å². The van der Waals surface area contributed by atoms with Crippen molar-refractivity contribution in [3.63, 3.8) is 0 Å². The van der Waals surface area contributed by atoms with Crippen LogP contribution in [0.15, 0.2) is 12.3 Å². The highest BCUT2D eigenvalue weighted by molar-refractivity contribution is 5.29. The predicted molar refractivity (Wildman–Crippen MR) is 70.2 cm³/mol. The van der Waals surface area contributed by atoms with Crippen LogP contribution in [-0.4, -0.2) is 36.1 Å². The second-order valence-corrected chi connectivity index (χ2v) is 4.73. The van der Waals surface area contributed by atoms with Gasteiger partial charge in [0.05, 0.1) is 0 Å². The number of aryl methyl sites for hydroxylation is 1. The number of hydrogen-bond donors (Lipinski definition) is 1. The fraction of sp³-hybridized carbons (Fsp3) is 0.692. The van der Waals surface area contributed by atoms with E-state index in [4.69, 9.17) is 0 Å². The van der Waals surface area contributed by atoms with Crippen LogP contribution in [0, 0.1) is 12.8 Å². The van der Waals surface area contributed by atoms with Crippen LogP contribution >= 0.6 is 0 Å². The summed E-state index contributed by atoms with van der Waals surface area (Å²) in [7, 11) is 0. The van der Waals surface area contributed by atoms with Gasteiger partial charge in [-0.3, -0.25) is 0 Å². The second-order valence-electron chi connectivity index (χ2n) is 4.73. The first-order valence-electron chi connectivity index (χ1n) is 6.55. The summed E-state index contributed by atoms with van der Waals surface area (Å²) in [6.07, 6.45) is 4.38. The number of piperidine rings is 1. The number of nitrogens with zero attached hydrogens (tertiary/aromatic N) is 3. The van der Waals surface area contributed by atoms with E-state index in [9.17, 15) is 0 Å². The number of nitrogens with one attached hydrogen (secondary N) is 1. The van der Waals surface area contributed by atoms with E-state index in [1.807, 2.05) is 19.2 Å². The average molecular weight is 234 g/mol. The van der Waals surface area contributed by atoms with E-state index in [-0.39, 0.29) is 0 Å². The lowest BCUT2D eigenvalue weighted by molar-refractivity contribution is 0.373. The molecule has 1 aromatic rings. The van der Waals surface area contributed by atoms with E-state index in [1.54, 1.807) is 0 Å². The summed E-state index contributed by atoms with van der Waals surface area (Å²) in [5.74, 6) is 1.66. The molecular formula is C13H22N4. The van der Waals surface area contributed by atoms with E-state index >= 15 is 0 Å². The number of anilines is 1. The lowest BCUT2D eigenvalue weighted by Crippen LogP contribution is -2.37. The molecule has 0 unspecified atom stereocenters. The van der Waals surface area contributed by atoms with Gasteiger partial charge in [0.15, 0.2) is 0 Å². The van der Waals surface area contributed by atoms with Crippen LogP contribution in [0.3, 0.4) is 0 Å². The zero-order valence-corrected chi connectivity index (χ0v) is 10.8. The molecule has 1 aliphatic heterocycles. The summed E-state index contributed by atoms with van der Waals surface area (Å²) < 4.78 is 0. The molecule has 0 bridgehead atoms. The third kappa shape index (κ3) is 3.40. The van der Waals surface area contributed by atoms with Crippen LogP contribution in [-0.2, 0) is 0 Å². The fourth-order valence-electron chi connectivity index (χ4n) is 2.32. The minimum Gasteiger partial charge on any atom is -0.341 e. The van der Waals surface area contributed by atoms with Crippen molar-refractivity contribution in [1.82, 2.24) is 15.3 Å². The SMILES string of the molecule is CCN(CC1CCNCC1)c1nccc(C)n1. The maximum Gasteiger partial charge on any atom is 0.225 e. The minimum absolute atomic E-state index is 0.778. The van der Waals surface area contributed by atoms with E-state index < -0.39 is 0 Å². The van der Waals surface area contributed by atoms with Gasteiger partial charge in [-0.05, 0) is 51.8 Å². The molecule has 2 rings (SSSR count). The number of rotatable bonds is 4. The van der Waals surface area contributed by atoms with Gasteiger partial charge in [0.2, 0.25) is 5.95 Å². The Bertz CT molecular complexity index is 347. The van der Waals surface area contributed by atoms with Gasteiger partial charge in [-0.1, -0.05) is 0 Å². The summed E-state index contributed by atoms with van der Waals surface area (Å²) >= 11 is 0. The quantitative estimate of drug-likeness (QED) is 0.859. The van der Waals surface area contributed by atoms with Crippen molar-refractivity contribution in [2.24, 2.45) is 5.92 Å². The molecule has 1 fully saturated rings. The van der Waals surface area contributed by atoms with Gasteiger partial charge in [0, 0.05) is 25.0 Å². The molecule has 0 radical (unpaired) electrons. The van der Waals surface area contributed by atoms with E-state index in [0.29, 0.717) is 0 Å². The number of aromatic nitrogens is 2. The Balaban J connectivity index is 2.00. The Labute approximate surface area is 103 Å². The first-order valence-corrected chi connectivity index (χ1v) is 6.55.